The summed E-state index contributed by atoms with van der Waals surface area (Å²) in [6.07, 6.45) is 0.000752. The van der Waals surface area contributed by atoms with Gasteiger partial charge in [-0.2, -0.15) is 5.10 Å². The number of aliphatic hydroxyl groups is 1. The van der Waals surface area contributed by atoms with Gasteiger partial charge < -0.3 is 15.5 Å². The van der Waals surface area contributed by atoms with E-state index in [4.69, 9.17) is 0 Å². The second-order valence-electron chi connectivity index (χ2n) is 6.92. The molecule has 162 valence electrons. The van der Waals surface area contributed by atoms with Crippen molar-refractivity contribution in [2.24, 2.45) is 7.05 Å². The van der Waals surface area contributed by atoms with E-state index in [9.17, 15) is 24.6 Å². The number of aliphatic hydroxyl groups excluding tert-OH is 1. The van der Waals surface area contributed by atoms with Crippen molar-refractivity contribution >= 4 is 41.3 Å². The number of aryl methyl sites for hydroxylation is 1. The molecule has 31 heavy (non-hydrogen) atoms. The summed E-state index contributed by atoms with van der Waals surface area (Å²) in [5.41, 5.74) is 0.954. The van der Waals surface area contributed by atoms with E-state index in [1.165, 1.54) is 34.8 Å². The summed E-state index contributed by atoms with van der Waals surface area (Å²) >= 11 is 2.71. The van der Waals surface area contributed by atoms with Crippen molar-refractivity contribution in [1.82, 2.24) is 25.0 Å². The Balaban J connectivity index is 1.46. The first-order valence-corrected chi connectivity index (χ1v) is 11.3. The quantitative estimate of drug-likeness (QED) is 0.395. The molecule has 0 radical (unpaired) electrons. The molecule has 12 heteroatoms. The Bertz CT molecular complexity index is 1060. The molecule has 0 aliphatic carbocycles. The number of rotatable bonds is 7. The van der Waals surface area contributed by atoms with Crippen molar-refractivity contribution in [3.05, 3.63) is 53.5 Å². The molecule has 2 aliphatic heterocycles. The van der Waals surface area contributed by atoms with Crippen LogP contribution in [0.25, 0.3) is 0 Å². The van der Waals surface area contributed by atoms with Crippen molar-refractivity contribution in [2.45, 2.75) is 22.7 Å². The van der Waals surface area contributed by atoms with Crippen LogP contribution in [0, 0.1) is 0 Å². The molecule has 1 aromatic heterocycles. The number of benzene rings is 1. The Morgan fingerprint density at radius 2 is 2.10 bits per heavy atom. The Kier molecular flexibility index (Phi) is 6.03. The van der Waals surface area contributed by atoms with Crippen molar-refractivity contribution in [1.29, 1.82) is 0 Å². The highest BCUT2D eigenvalue weighted by atomic mass is 32.2. The van der Waals surface area contributed by atoms with Crippen LogP contribution < -0.4 is 5.32 Å². The molecular weight excluding hydrogens is 442 g/mol. The molecule has 3 atom stereocenters. The van der Waals surface area contributed by atoms with Gasteiger partial charge in [0.15, 0.2) is 11.3 Å². The van der Waals surface area contributed by atoms with Gasteiger partial charge >= 0.3 is 5.97 Å². The van der Waals surface area contributed by atoms with Crippen LogP contribution in [-0.2, 0) is 21.4 Å². The number of nitrogens with zero attached hydrogens (tertiary/aromatic N) is 4. The fourth-order valence-electron chi connectivity index (χ4n) is 3.38. The topological polar surface area (TPSA) is 138 Å². The van der Waals surface area contributed by atoms with Crippen LogP contribution in [0.1, 0.15) is 11.7 Å². The predicted molar refractivity (Wildman–Crippen MR) is 113 cm³/mol. The number of aromatic nitrogens is 3. The zero-order valence-corrected chi connectivity index (χ0v) is 18.0. The van der Waals surface area contributed by atoms with Crippen LogP contribution in [0.5, 0.6) is 0 Å². The Hall–Kier alpha value is -2.83. The monoisotopic (exact) mass is 461 g/mol. The van der Waals surface area contributed by atoms with E-state index < -0.39 is 35.3 Å². The molecule has 0 bridgehead atoms. The van der Waals surface area contributed by atoms with Crippen LogP contribution >= 0.6 is 23.5 Å². The molecule has 2 amide bonds. The highest BCUT2D eigenvalue weighted by Crippen LogP contribution is 2.41. The van der Waals surface area contributed by atoms with Crippen LogP contribution in [-0.4, -0.2) is 70.6 Å². The van der Waals surface area contributed by atoms with Crippen LogP contribution in [0.3, 0.4) is 0 Å². The summed E-state index contributed by atoms with van der Waals surface area (Å²) in [4.78, 5) is 42.4. The molecule has 1 fully saturated rings. The average molecular weight is 462 g/mol. The normalized spacial score (nSPS) is 21.4. The minimum Gasteiger partial charge on any atom is -0.477 e. The van der Waals surface area contributed by atoms with Gasteiger partial charge in [0.1, 0.15) is 23.4 Å². The number of hydrogen-bond acceptors (Lipinski definition) is 8. The molecule has 1 aromatic carbocycles. The molecule has 2 unspecified atom stereocenters. The summed E-state index contributed by atoms with van der Waals surface area (Å²) in [5, 5.41) is 26.6. The number of aliphatic carboxylic acids is 1. The van der Waals surface area contributed by atoms with Crippen LogP contribution in [0.2, 0.25) is 0 Å². The maximum Gasteiger partial charge on any atom is 0.352 e. The third-order valence-corrected chi connectivity index (χ3v) is 7.42. The first kappa shape index (κ1) is 21.4. The van der Waals surface area contributed by atoms with Gasteiger partial charge in [0.2, 0.25) is 0 Å². The van der Waals surface area contributed by atoms with Gasteiger partial charge in [-0.05, 0) is 11.1 Å². The van der Waals surface area contributed by atoms with Gasteiger partial charge in [-0.3, -0.25) is 14.5 Å². The Labute approximate surface area is 185 Å². The second kappa shape index (κ2) is 8.73. The van der Waals surface area contributed by atoms with Gasteiger partial charge in [-0.1, -0.05) is 42.1 Å². The number of fused-ring (bicyclic) bond motifs is 1. The summed E-state index contributed by atoms with van der Waals surface area (Å²) < 4.78 is 1.59. The number of hydrogen-bond donors (Lipinski definition) is 3. The van der Waals surface area contributed by atoms with Gasteiger partial charge in [-0.25, -0.2) is 14.5 Å². The highest BCUT2D eigenvalue weighted by molar-refractivity contribution is 8.01. The van der Waals surface area contributed by atoms with E-state index >= 15 is 0 Å². The number of carbonyl (C=O) groups excluding carboxylic acids is 2. The second-order valence-corrected chi connectivity index (χ2v) is 8.97. The first-order valence-electron chi connectivity index (χ1n) is 9.28. The Morgan fingerprint density at radius 1 is 1.35 bits per heavy atom. The van der Waals surface area contributed by atoms with E-state index in [0.717, 1.165) is 0 Å². The van der Waals surface area contributed by atoms with Crippen molar-refractivity contribution < 1.29 is 24.6 Å². The predicted octanol–water partition coefficient (Wildman–Crippen LogP) is 0.379. The van der Waals surface area contributed by atoms with E-state index in [1.54, 1.807) is 42.1 Å². The number of carboxylic acid groups (broad SMARTS) is 1. The lowest BCUT2D eigenvalue weighted by atomic mass is 10.0. The minimum atomic E-state index is -1.41. The largest absolute Gasteiger partial charge is 0.477 e. The zero-order valence-electron chi connectivity index (χ0n) is 16.3. The maximum atomic E-state index is 12.7. The molecule has 0 saturated carbocycles. The third-order valence-electron chi connectivity index (χ3n) is 4.96. The number of nitrogens with one attached hydrogen (secondary N) is 1. The summed E-state index contributed by atoms with van der Waals surface area (Å²) in [5.74, 6) is -1.66. The number of carboxylic acids is 1. The summed E-state index contributed by atoms with van der Waals surface area (Å²) in [6.45, 7) is 0. The van der Waals surface area contributed by atoms with E-state index in [-0.39, 0.29) is 5.70 Å². The van der Waals surface area contributed by atoms with Crippen molar-refractivity contribution in [2.75, 3.05) is 11.5 Å². The lowest BCUT2D eigenvalue weighted by Crippen LogP contribution is -2.70. The van der Waals surface area contributed by atoms with Crippen molar-refractivity contribution in [3.63, 3.8) is 0 Å². The molecule has 4 rings (SSSR count). The first-order chi connectivity index (χ1) is 14.9. The minimum absolute atomic E-state index is 0.0578. The molecule has 10 nitrogen and oxygen atoms in total. The standard InChI is InChI=1S/C19H19N5O5S2/c1-23-19(20-9-21-23)31-8-11-7-30-17-12(16(27)24(17)13(11)18(28)29)22-15(26)14(25)10-5-3-2-4-6-10/h2-6,9,12,14,17,25H,7-8H2,1H3,(H,22,26)(H,28,29)/t12?,14?,17-/m1/s1. The highest BCUT2D eigenvalue weighted by Gasteiger charge is 2.54. The van der Waals surface area contributed by atoms with E-state index in [0.29, 0.717) is 27.8 Å². The molecule has 0 spiro atoms. The SMILES string of the molecule is Cn1ncnc1SCC1=C(C(=O)O)N2C(=O)C(NC(=O)C(O)c3ccccc3)[C@H]2SC1. The van der Waals surface area contributed by atoms with Gasteiger partial charge in [0.05, 0.1) is 0 Å². The number of carbonyl (C=O) groups is 3. The molecule has 2 aromatic rings. The lowest BCUT2D eigenvalue weighted by Gasteiger charge is -2.49. The van der Waals surface area contributed by atoms with E-state index in [2.05, 4.69) is 15.4 Å². The number of amides is 2. The van der Waals surface area contributed by atoms with Gasteiger partial charge in [-0.15, -0.1) is 11.8 Å². The number of thioether (sulfide) groups is 2. The number of β-lactam (4-membered cyclic amide) rings is 1. The average Bonchev–Trinajstić information content (AvgIpc) is 3.19. The van der Waals surface area contributed by atoms with Crippen molar-refractivity contribution in [3.8, 4) is 0 Å². The lowest BCUT2D eigenvalue weighted by molar-refractivity contribution is -0.151. The fourth-order valence-corrected chi connectivity index (χ4v) is 5.75. The maximum absolute atomic E-state index is 12.7. The summed E-state index contributed by atoms with van der Waals surface area (Å²) in [6, 6.07) is 7.49. The van der Waals surface area contributed by atoms with Crippen LogP contribution in [0.15, 0.2) is 53.1 Å². The smallest absolute Gasteiger partial charge is 0.352 e. The zero-order chi connectivity index (χ0) is 22.1. The fraction of sp³-hybridized carbons (Fsp3) is 0.316. The molecule has 1 saturated heterocycles. The van der Waals surface area contributed by atoms with Crippen LogP contribution in [0.4, 0.5) is 0 Å². The molecule has 3 N–H and O–H groups in total. The molecule has 3 heterocycles. The van der Waals surface area contributed by atoms with Gasteiger partial charge in [0.25, 0.3) is 11.8 Å². The van der Waals surface area contributed by atoms with Gasteiger partial charge in [0, 0.05) is 18.6 Å². The van der Waals surface area contributed by atoms with E-state index in [1.807, 2.05) is 0 Å². The Morgan fingerprint density at radius 3 is 2.74 bits per heavy atom. The molecular formula is C19H19N5O5S2. The third kappa shape index (κ3) is 4.05. The molecule has 2 aliphatic rings. The summed E-state index contributed by atoms with van der Waals surface area (Å²) in [7, 11) is 1.74.